The van der Waals surface area contributed by atoms with Crippen LogP contribution in [0.5, 0.6) is 0 Å². The summed E-state index contributed by atoms with van der Waals surface area (Å²) in [6.07, 6.45) is 3.25. The van der Waals surface area contributed by atoms with Crippen LogP contribution in [0.3, 0.4) is 0 Å². The van der Waals surface area contributed by atoms with E-state index in [2.05, 4.69) is 10.1 Å². The maximum Gasteiger partial charge on any atom is 0.200 e. The fourth-order valence-corrected chi connectivity index (χ4v) is 2.83. The average Bonchev–Trinajstić information content (AvgIpc) is 3.10. The number of aryl methyl sites for hydroxylation is 2. The van der Waals surface area contributed by atoms with E-state index < -0.39 is 0 Å². The van der Waals surface area contributed by atoms with E-state index in [1.807, 2.05) is 0 Å². The highest BCUT2D eigenvalue weighted by molar-refractivity contribution is 6.35. The van der Waals surface area contributed by atoms with Gasteiger partial charge in [0.2, 0.25) is 0 Å². The van der Waals surface area contributed by atoms with E-state index in [9.17, 15) is 9.90 Å². The van der Waals surface area contributed by atoms with Crippen molar-refractivity contribution < 1.29 is 9.90 Å². The number of ketones is 1. The molecule has 0 bridgehead atoms. The number of nitrogens with zero attached hydrogens (tertiary/aromatic N) is 4. The van der Waals surface area contributed by atoms with Crippen molar-refractivity contribution in [1.82, 2.24) is 19.3 Å². The molecule has 0 radical (unpaired) electrons. The van der Waals surface area contributed by atoms with Gasteiger partial charge in [0.15, 0.2) is 5.78 Å². The van der Waals surface area contributed by atoms with Gasteiger partial charge in [0.05, 0.1) is 16.3 Å². The molecule has 6 nitrogen and oxygen atoms in total. The maximum absolute atomic E-state index is 13.0. The van der Waals surface area contributed by atoms with Gasteiger partial charge in [-0.25, -0.2) is 4.98 Å². The van der Waals surface area contributed by atoms with E-state index in [-0.39, 0.29) is 12.4 Å². The standard InChI is InChI=1S/C16H15ClN4O2/c1-10-14(15(23)11-5-3-4-6-12(11)17)16(20(2)19-10)21-8-7-18-13(21)9-22/h3-8,22H,9H2,1-2H3. The van der Waals surface area contributed by atoms with Crippen LogP contribution < -0.4 is 0 Å². The normalized spacial score (nSPS) is 11.0. The van der Waals surface area contributed by atoms with Gasteiger partial charge >= 0.3 is 0 Å². The summed E-state index contributed by atoms with van der Waals surface area (Å²) in [5.41, 5.74) is 1.44. The first kappa shape index (κ1) is 15.5. The van der Waals surface area contributed by atoms with Crippen molar-refractivity contribution >= 4 is 17.4 Å². The van der Waals surface area contributed by atoms with Crippen LogP contribution in [0.15, 0.2) is 36.7 Å². The first-order valence-electron chi connectivity index (χ1n) is 7.01. The average molecular weight is 331 g/mol. The van der Waals surface area contributed by atoms with Gasteiger partial charge in [-0.1, -0.05) is 23.7 Å². The van der Waals surface area contributed by atoms with Crippen molar-refractivity contribution in [2.75, 3.05) is 0 Å². The first-order valence-corrected chi connectivity index (χ1v) is 7.38. The zero-order chi connectivity index (χ0) is 16.6. The molecule has 1 aromatic carbocycles. The summed E-state index contributed by atoms with van der Waals surface area (Å²) in [5, 5.41) is 14.2. The van der Waals surface area contributed by atoms with Crippen molar-refractivity contribution in [2.45, 2.75) is 13.5 Å². The third-order valence-electron chi connectivity index (χ3n) is 3.62. The Morgan fingerprint density at radius 1 is 1.35 bits per heavy atom. The van der Waals surface area contributed by atoms with Gasteiger partial charge in [-0.2, -0.15) is 5.10 Å². The molecular weight excluding hydrogens is 316 g/mol. The van der Waals surface area contributed by atoms with Gasteiger partial charge in [0, 0.05) is 25.0 Å². The van der Waals surface area contributed by atoms with Crippen molar-refractivity contribution in [3.63, 3.8) is 0 Å². The SMILES string of the molecule is Cc1nn(C)c(-n2ccnc2CO)c1C(=O)c1ccccc1Cl. The van der Waals surface area contributed by atoms with Crippen molar-refractivity contribution in [3.05, 3.63) is 64.3 Å². The molecule has 0 spiro atoms. The Morgan fingerprint density at radius 3 is 2.78 bits per heavy atom. The third kappa shape index (κ3) is 2.56. The zero-order valence-electron chi connectivity index (χ0n) is 12.7. The first-order chi connectivity index (χ1) is 11.0. The highest BCUT2D eigenvalue weighted by Gasteiger charge is 2.25. The Bertz CT molecular complexity index is 882. The van der Waals surface area contributed by atoms with Crippen molar-refractivity contribution in [1.29, 1.82) is 0 Å². The van der Waals surface area contributed by atoms with Crippen LogP contribution in [0.2, 0.25) is 5.02 Å². The number of hydrogen-bond acceptors (Lipinski definition) is 4. The summed E-state index contributed by atoms with van der Waals surface area (Å²) in [5.74, 6) is 0.768. The second-order valence-corrected chi connectivity index (χ2v) is 5.50. The highest BCUT2D eigenvalue weighted by atomic mass is 35.5. The Balaban J connectivity index is 2.21. The lowest BCUT2D eigenvalue weighted by Gasteiger charge is -2.10. The fourth-order valence-electron chi connectivity index (χ4n) is 2.61. The molecule has 2 heterocycles. The molecule has 0 unspecified atom stereocenters. The Kier molecular flexibility index (Phi) is 4.02. The molecule has 1 N–H and O–H groups in total. The van der Waals surface area contributed by atoms with Gasteiger partial charge in [0.1, 0.15) is 18.2 Å². The summed E-state index contributed by atoms with van der Waals surface area (Å²) in [7, 11) is 1.74. The number of aromatic nitrogens is 4. The van der Waals surface area contributed by atoms with E-state index in [1.54, 1.807) is 59.9 Å². The van der Waals surface area contributed by atoms with Gasteiger partial charge < -0.3 is 5.11 Å². The van der Waals surface area contributed by atoms with Gasteiger partial charge in [-0.15, -0.1) is 0 Å². The number of halogens is 1. The summed E-state index contributed by atoms with van der Waals surface area (Å²) in [6, 6.07) is 6.90. The molecule has 0 aliphatic carbocycles. The quantitative estimate of drug-likeness (QED) is 0.745. The molecule has 0 aliphatic rings. The Labute approximate surface area is 138 Å². The number of carbonyl (C=O) groups excluding carboxylic acids is 1. The minimum absolute atomic E-state index is 0.214. The summed E-state index contributed by atoms with van der Waals surface area (Å²) >= 11 is 6.16. The topological polar surface area (TPSA) is 72.9 Å². The van der Waals surface area contributed by atoms with E-state index >= 15 is 0 Å². The lowest BCUT2D eigenvalue weighted by molar-refractivity contribution is 0.103. The van der Waals surface area contributed by atoms with Crippen molar-refractivity contribution in [2.24, 2.45) is 7.05 Å². The second-order valence-electron chi connectivity index (χ2n) is 5.09. The fraction of sp³-hybridized carbons (Fsp3) is 0.188. The highest BCUT2D eigenvalue weighted by Crippen LogP contribution is 2.26. The van der Waals surface area contributed by atoms with Gasteiger partial charge in [0.25, 0.3) is 0 Å². The molecule has 0 atom stereocenters. The molecule has 23 heavy (non-hydrogen) atoms. The summed E-state index contributed by atoms with van der Waals surface area (Å²) in [6.45, 7) is 1.53. The number of hydrogen-bond donors (Lipinski definition) is 1. The number of aliphatic hydroxyl groups excluding tert-OH is 1. The van der Waals surface area contributed by atoms with Crippen LogP contribution in [0.1, 0.15) is 27.4 Å². The van der Waals surface area contributed by atoms with Crippen LogP contribution in [0, 0.1) is 6.92 Å². The second kappa shape index (κ2) is 5.98. The minimum Gasteiger partial charge on any atom is -0.388 e. The van der Waals surface area contributed by atoms with Crippen LogP contribution >= 0.6 is 11.6 Å². The Hall–Kier alpha value is -2.44. The lowest BCUT2D eigenvalue weighted by Crippen LogP contribution is -2.12. The molecule has 0 amide bonds. The third-order valence-corrected chi connectivity index (χ3v) is 3.95. The number of imidazole rings is 1. The van der Waals surface area contributed by atoms with E-state index in [0.29, 0.717) is 33.5 Å². The van der Waals surface area contributed by atoms with Crippen LogP contribution in [0.25, 0.3) is 5.82 Å². The molecule has 0 fully saturated rings. The van der Waals surface area contributed by atoms with Gasteiger partial charge in [-0.05, 0) is 19.1 Å². The smallest absolute Gasteiger partial charge is 0.200 e. The largest absolute Gasteiger partial charge is 0.388 e. The molecule has 0 aliphatic heterocycles. The number of benzene rings is 1. The Morgan fingerprint density at radius 2 is 2.09 bits per heavy atom. The predicted molar refractivity (Wildman–Crippen MR) is 85.9 cm³/mol. The van der Waals surface area contributed by atoms with Crippen LogP contribution in [-0.2, 0) is 13.7 Å². The molecular formula is C16H15ClN4O2. The molecule has 3 aromatic rings. The number of rotatable bonds is 4. The number of aliphatic hydroxyl groups is 1. The molecule has 0 saturated carbocycles. The number of carbonyl (C=O) groups is 1. The van der Waals surface area contributed by atoms with E-state index in [1.165, 1.54) is 0 Å². The van der Waals surface area contributed by atoms with Crippen LogP contribution in [0.4, 0.5) is 0 Å². The molecule has 7 heteroatoms. The maximum atomic E-state index is 13.0. The van der Waals surface area contributed by atoms with E-state index in [0.717, 1.165) is 0 Å². The van der Waals surface area contributed by atoms with E-state index in [4.69, 9.17) is 11.6 Å². The zero-order valence-corrected chi connectivity index (χ0v) is 13.4. The van der Waals surface area contributed by atoms with Gasteiger partial charge in [-0.3, -0.25) is 14.0 Å². The molecule has 2 aromatic heterocycles. The molecule has 0 saturated heterocycles. The summed E-state index contributed by atoms with van der Waals surface area (Å²) in [4.78, 5) is 17.1. The van der Waals surface area contributed by atoms with Crippen LogP contribution in [-0.4, -0.2) is 30.2 Å². The monoisotopic (exact) mass is 330 g/mol. The minimum atomic E-state index is -0.239. The predicted octanol–water partition coefficient (Wildman–Crippen LogP) is 2.29. The molecule has 118 valence electrons. The lowest BCUT2D eigenvalue weighted by atomic mass is 10.0. The van der Waals surface area contributed by atoms with Crippen molar-refractivity contribution in [3.8, 4) is 5.82 Å². The summed E-state index contributed by atoms with van der Waals surface area (Å²) < 4.78 is 3.25. The molecule has 3 rings (SSSR count).